The van der Waals surface area contributed by atoms with Gasteiger partial charge in [-0.15, -0.1) is 0 Å². The van der Waals surface area contributed by atoms with Crippen LogP contribution in [0.15, 0.2) is 30.6 Å². The molecule has 3 rings (SSSR count). The Morgan fingerprint density at radius 1 is 1.18 bits per heavy atom. The first kappa shape index (κ1) is 15.3. The van der Waals surface area contributed by atoms with Crippen LogP contribution in [0.1, 0.15) is 5.56 Å². The van der Waals surface area contributed by atoms with Crippen LogP contribution < -0.4 is 15.0 Å². The monoisotopic (exact) mass is 338 g/mol. The third-order valence-electron chi connectivity index (χ3n) is 3.43. The Morgan fingerprint density at radius 2 is 2.00 bits per heavy atom. The smallest absolute Gasteiger partial charge is 0.234 e. The highest BCUT2D eigenvalue weighted by atomic mass is 35.5. The summed E-state index contributed by atoms with van der Waals surface area (Å²) >= 11 is 12.0. The molecule has 22 heavy (non-hydrogen) atoms. The third-order valence-corrected chi connectivity index (χ3v) is 4.02. The molecule has 1 aliphatic heterocycles. The molecule has 0 amide bonds. The molecule has 1 fully saturated rings. The zero-order valence-corrected chi connectivity index (χ0v) is 13.4. The van der Waals surface area contributed by atoms with Crippen molar-refractivity contribution in [2.75, 3.05) is 31.1 Å². The largest absolute Gasteiger partial charge is 0.472 e. The number of hydrogen-bond donors (Lipinski definition) is 1. The molecule has 1 aliphatic rings. The molecule has 0 spiro atoms. The van der Waals surface area contributed by atoms with E-state index in [0.717, 1.165) is 37.6 Å². The summed E-state index contributed by atoms with van der Waals surface area (Å²) in [7, 11) is 0. The Labute approximate surface area is 139 Å². The topological polar surface area (TPSA) is 50.3 Å². The highest BCUT2D eigenvalue weighted by Gasteiger charge is 2.13. The van der Waals surface area contributed by atoms with Crippen molar-refractivity contribution in [2.24, 2.45) is 0 Å². The first-order valence-electron chi connectivity index (χ1n) is 7.07. The van der Waals surface area contributed by atoms with Gasteiger partial charge in [-0.05, 0) is 12.1 Å². The second kappa shape index (κ2) is 7.13. The van der Waals surface area contributed by atoms with E-state index in [1.165, 1.54) is 0 Å². The van der Waals surface area contributed by atoms with Gasteiger partial charge in [-0.25, -0.2) is 0 Å². The number of piperazine rings is 1. The van der Waals surface area contributed by atoms with Crippen molar-refractivity contribution in [2.45, 2.75) is 6.61 Å². The summed E-state index contributed by atoms with van der Waals surface area (Å²) in [5.41, 5.74) is 0.862. The van der Waals surface area contributed by atoms with Crippen LogP contribution in [0.25, 0.3) is 0 Å². The number of ether oxygens (including phenoxy) is 1. The van der Waals surface area contributed by atoms with E-state index in [9.17, 15) is 0 Å². The van der Waals surface area contributed by atoms with Gasteiger partial charge in [0.05, 0.1) is 12.4 Å². The predicted octanol–water partition coefficient (Wildman–Crippen LogP) is 2.77. The lowest BCUT2D eigenvalue weighted by Gasteiger charge is -2.28. The fourth-order valence-corrected chi connectivity index (χ4v) is 2.71. The van der Waals surface area contributed by atoms with Crippen molar-refractivity contribution in [1.29, 1.82) is 0 Å². The first-order valence-corrected chi connectivity index (χ1v) is 7.82. The highest BCUT2D eigenvalue weighted by Crippen LogP contribution is 2.22. The number of anilines is 1. The molecule has 1 N–H and O–H groups in total. The zero-order chi connectivity index (χ0) is 15.4. The van der Waals surface area contributed by atoms with E-state index in [1.54, 1.807) is 24.5 Å². The van der Waals surface area contributed by atoms with Crippen LogP contribution in [-0.2, 0) is 6.61 Å². The fourth-order valence-electron chi connectivity index (χ4n) is 2.24. The van der Waals surface area contributed by atoms with Crippen LogP contribution >= 0.6 is 23.2 Å². The second-order valence-electron chi connectivity index (χ2n) is 4.98. The Kier molecular flexibility index (Phi) is 4.97. The minimum Gasteiger partial charge on any atom is -0.472 e. The quantitative estimate of drug-likeness (QED) is 0.928. The molecule has 0 aliphatic carbocycles. The van der Waals surface area contributed by atoms with Gasteiger partial charge in [0.1, 0.15) is 6.61 Å². The lowest BCUT2D eigenvalue weighted by atomic mass is 10.2. The molecule has 0 atom stereocenters. The van der Waals surface area contributed by atoms with E-state index in [1.807, 2.05) is 6.07 Å². The SMILES string of the molecule is Clc1ccc(COc2cncc(N3CCNCC3)n2)c(Cl)c1. The van der Waals surface area contributed by atoms with Gasteiger partial charge in [-0.1, -0.05) is 29.3 Å². The summed E-state index contributed by atoms with van der Waals surface area (Å²) in [6.07, 6.45) is 3.36. The number of nitrogens with one attached hydrogen (secondary N) is 1. The minimum absolute atomic E-state index is 0.329. The van der Waals surface area contributed by atoms with E-state index in [0.29, 0.717) is 22.5 Å². The summed E-state index contributed by atoms with van der Waals surface area (Å²) in [5, 5.41) is 4.50. The molecule has 0 radical (unpaired) electrons. The molecule has 7 heteroatoms. The van der Waals surface area contributed by atoms with Gasteiger partial charge in [0.2, 0.25) is 5.88 Å². The summed E-state index contributed by atoms with van der Waals surface area (Å²) in [6, 6.07) is 5.33. The van der Waals surface area contributed by atoms with Gasteiger partial charge in [-0.3, -0.25) is 4.98 Å². The number of halogens is 2. The fraction of sp³-hybridized carbons (Fsp3) is 0.333. The number of nitrogens with zero attached hydrogens (tertiary/aromatic N) is 3. The molecule has 2 aromatic rings. The predicted molar refractivity (Wildman–Crippen MR) is 87.9 cm³/mol. The van der Waals surface area contributed by atoms with Crippen molar-refractivity contribution in [3.8, 4) is 5.88 Å². The molecule has 0 unspecified atom stereocenters. The average molecular weight is 339 g/mol. The molecule has 1 aromatic heterocycles. The molecule has 1 aromatic carbocycles. The van der Waals surface area contributed by atoms with Gasteiger partial charge in [-0.2, -0.15) is 4.98 Å². The van der Waals surface area contributed by atoms with Crippen molar-refractivity contribution >= 4 is 29.0 Å². The number of rotatable bonds is 4. The van der Waals surface area contributed by atoms with E-state index >= 15 is 0 Å². The molecule has 116 valence electrons. The van der Waals surface area contributed by atoms with Gasteiger partial charge in [0.25, 0.3) is 0 Å². The van der Waals surface area contributed by atoms with E-state index in [4.69, 9.17) is 27.9 Å². The minimum atomic E-state index is 0.329. The third kappa shape index (κ3) is 3.80. The summed E-state index contributed by atoms with van der Waals surface area (Å²) in [4.78, 5) is 10.9. The van der Waals surface area contributed by atoms with Crippen molar-refractivity contribution in [1.82, 2.24) is 15.3 Å². The Balaban J connectivity index is 1.67. The first-order chi connectivity index (χ1) is 10.7. The van der Waals surface area contributed by atoms with Crippen LogP contribution in [0.3, 0.4) is 0 Å². The van der Waals surface area contributed by atoms with Crippen LogP contribution in [0.4, 0.5) is 5.82 Å². The van der Waals surface area contributed by atoms with Crippen LogP contribution in [0.2, 0.25) is 10.0 Å². The van der Waals surface area contributed by atoms with Crippen molar-refractivity contribution < 1.29 is 4.74 Å². The normalized spacial score (nSPS) is 14.9. The summed E-state index contributed by atoms with van der Waals surface area (Å²) in [6.45, 7) is 4.07. The van der Waals surface area contributed by atoms with Gasteiger partial charge in [0.15, 0.2) is 5.82 Å². The van der Waals surface area contributed by atoms with Gasteiger partial charge in [0, 0.05) is 41.8 Å². The summed E-state index contributed by atoms with van der Waals surface area (Å²) in [5.74, 6) is 1.32. The molecule has 0 saturated carbocycles. The van der Waals surface area contributed by atoms with Crippen molar-refractivity contribution in [3.63, 3.8) is 0 Å². The van der Waals surface area contributed by atoms with E-state index in [2.05, 4.69) is 20.2 Å². The Bertz CT molecular complexity index is 647. The Hall–Kier alpha value is -1.56. The standard InChI is InChI=1S/C15H16Cl2N4O/c16-12-2-1-11(13(17)7-12)10-22-15-9-19-8-14(20-15)21-5-3-18-4-6-21/h1-2,7-9,18H,3-6,10H2. The number of benzene rings is 1. The van der Waals surface area contributed by atoms with Crippen LogP contribution in [0.5, 0.6) is 5.88 Å². The molecular formula is C15H16Cl2N4O. The molecule has 1 saturated heterocycles. The number of aromatic nitrogens is 2. The lowest BCUT2D eigenvalue weighted by Crippen LogP contribution is -2.43. The lowest BCUT2D eigenvalue weighted by molar-refractivity contribution is 0.292. The van der Waals surface area contributed by atoms with E-state index < -0.39 is 0 Å². The summed E-state index contributed by atoms with van der Waals surface area (Å²) < 4.78 is 5.70. The second-order valence-corrected chi connectivity index (χ2v) is 5.82. The maximum Gasteiger partial charge on any atom is 0.234 e. The molecule has 0 bridgehead atoms. The maximum absolute atomic E-state index is 6.13. The zero-order valence-electron chi connectivity index (χ0n) is 11.9. The maximum atomic E-state index is 6.13. The van der Waals surface area contributed by atoms with Crippen LogP contribution in [0, 0.1) is 0 Å². The van der Waals surface area contributed by atoms with Crippen LogP contribution in [-0.4, -0.2) is 36.1 Å². The highest BCUT2D eigenvalue weighted by molar-refractivity contribution is 6.35. The molecular weight excluding hydrogens is 323 g/mol. The Morgan fingerprint density at radius 3 is 2.77 bits per heavy atom. The van der Waals surface area contributed by atoms with Gasteiger partial charge >= 0.3 is 0 Å². The van der Waals surface area contributed by atoms with Crippen molar-refractivity contribution in [3.05, 3.63) is 46.2 Å². The van der Waals surface area contributed by atoms with E-state index in [-0.39, 0.29) is 0 Å². The molecule has 2 heterocycles. The molecule has 5 nitrogen and oxygen atoms in total. The number of hydrogen-bond acceptors (Lipinski definition) is 5. The average Bonchev–Trinajstić information content (AvgIpc) is 2.55. The van der Waals surface area contributed by atoms with Gasteiger partial charge < -0.3 is 15.0 Å².